The monoisotopic (exact) mass is 286 g/mol. The van der Waals surface area contributed by atoms with Crippen LogP contribution in [0.15, 0.2) is 42.7 Å². The molecular formula is C15H14N2O4. The van der Waals surface area contributed by atoms with Gasteiger partial charge in [-0.15, -0.1) is 0 Å². The zero-order valence-corrected chi connectivity index (χ0v) is 11.3. The average molecular weight is 286 g/mol. The van der Waals surface area contributed by atoms with E-state index in [1.807, 2.05) is 30.3 Å². The van der Waals surface area contributed by atoms with Crippen LogP contribution >= 0.6 is 0 Å². The van der Waals surface area contributed by atoms with Crippen molar-refractivity contribution in [3.05, 3.63) is 48.3 Å². The number of carbonyl (C=O) groups excluding carboxylic acids is 2. The fraction of sp³-hybridized carbons (Fsp3) is 0.267. The van der Waals surface area contributed by atoms with Gasteiger partial charge in [0.15, 0.2) is 0 Å². The predicted molar refractivity (Wildman–Crippen MR) is 72.7 cm³/mol. The number of hydrogen-bond donors (Lipinski definition) is 0. The number of carbonyl (C=O) groups is 2. The normalized spacial score (nSPS) is 17.5. The molecule has 108 valence electrons. The van der Waals surface area contributed by atoms with Gasteiger partial charge in [-0.25, -0.2) is 9.48 Å². The van der Waals surface area contributed by atoms with Crippen molar-refractivity contribution in [2.24, 2.45) is 0 Å². The Hall–Kier alpha value is -2.63. The molecule has 1 saturated heterocycles. The number of ether oxygens (including phenoxy) is 2. The summed E-state index contributed by atoms with van der Waals surface area (Å²) in [4.78, 5) is 23.0. The highest BCUT2D eigenvalue weighted by molar-refractivity contribution is 5.81. The summed E-state index contributed by atoms with van der Waals surface area (Å²) in [5.74, 6) is -0.921. The fourth-order valence-corrected chi connectivity index (χ4v) is 2.12. The molecule has 1 aliphatic rings. The largest absolute Gasteiger partial charge is 0.463 e. The lowest BCUT2D eigenvalue weighted by atomic mass is 10.2. The number of rotatable bonds is 4. The molecule has 21 heavy (non-hydrogen) atoms. The van der Waals surface area contributed by atoms with E-state index in [0.717, 1.165) is 11.3 Å². The zero-order chi connectivity index (χ0) is 14.7. The smallest absolute Gasteiger partial charge is 0.347 e. The molecule has 1 atom stereocenters. The first-order valence-electron chi connectivity index (χ1n) is 6.67. The quantitative estimate of drug-likeness (QED) is 0.792. The highest BCUT2D eigenvalue weighted by Crippen LogP contribution is 2.13. The second kappa shape index (κ2) is 5.78. The third-order valence-electron chi connectivity index (χ3n) is 3.17. The number of aromatic nitrogens is 2. The summed E-state index contributed by atoms with van der Waals surface area (Å²) in [6.45, 7) is 0.308. The minimum Gasteiger partial charge on any atom is -0.463 e. The van der Waals surface area contributed by atoms with E-state index in [0.29, 0.717) is 13.0 Å². The van der Waals surface area contributed by atoms with Crippen LogP contribution in [0.3, 0.4) is 0 Å². The van der Waals surface area contributed by atoms with Crippen molar-refractivity contribution in [2.45, 2.75) is 18.9 Å². The molecule has 2 aromatic rings. The maximum atomic E-state index is 11.8. The van der Waals surface area contributed by atoms with Crippen LogP contribution in [0, 0.1) is 0 Å². The van der Waals surface area contributed by atoms with E-state index in [2.05, 4.69) is 5.10 Å². The Morgan fingerprint density at radius 3 is 2.90 bits per heavy atom. The maximum Gasteiger partial charge on any atom is 0.347 e. The molecular weight excluding hydrogens is 272 g/mol. The molecule has 1 fully saturated rings. The highest BCUT2D eigenvalue weighted by atomic mass is 16.6. The summed E-state index contributed by atoms with van der Waals surface area (Å²) in [6, 6.07) is 9.59. The molecule has 1 aromatic heterocycles. The van der Waals surface area contributed by atoms with Gasteiger partial charge < -0.3 is 9.47 Å². The average Bonchev–Trinajstić information content (AvgIpc) is 3.10. The van der Waals surface area contributed by atoms with Crippen molar-refractivity contribution in [3.63, 3.8) is 0 Å². The molecule has 0 aliphatic carbocycles. The van der Waals surface area contributed by atoms with Gasteiger partial charge in [0.1, 0.15) is 0 Å². The van der Waals surface area contributed by atoms with Gasteiger partial charge in [-0.2, -0.15) is 5.10 Å². The molecule has 1 aromatic carbocycles. The minimum atomic E-state index is -0.762. The Kier molecular flexibility index (Phi) is 3.68. The molecule has 6 nitrogen and oxygen atoms in total. The topological polar surface area (TPSA) is 70.4 Å². The Bertz CT molecular complexity index is 651. The van der Waals surface area contributed by atoms with Crippen molar-refractivity contribution in [2.75, 3.05) is 6.61 Å². The number of nitrogens with zero attached hydrogens (tertiary/aromatic N) is 2. The summed E-state index contributed by atoms with van der Waals surface area (Å²) < 4.78 is 11.5. The van der Waals surface area contributed by atoms with Crippen LogP contribution in [0.4, 0.5) is 0 Å². The molecule has 0 radical (unpaired) electrons. The Morgan fingerprint density at radius 2 is 2.19 bits per heavy atom. The van der Waals surface area contributed by atoms with E-state index in [-0.39, 0.29) is 6.42 Å². The van der Waals surface area contributed by atoms with E-state index in [9.17, 15) is 9.59 Å². The summed E-state index contributed by atoms with van der Waals surface area (Å²) in [6.07, 6.45) is 3.12. The first kappa shape index (κ1) is 13.4. The van der Waals surface area contributed by atoms with Gasteiger partial charge in [-0.3, -0.25) is 4.79 Å². The van der Waals surface area contributed by atoms with E-state index < -0.39 is 18.0 Å². The molecule has 3 rings (SSSR count). The third kappa shape index (κ3) is 3.10. The lowest BCUT2D eigenvalue weighted by Crippen LogP contribution is -2.23. The first-order chi connectivity index (χ1) is 10.2. The van der Waals surface area contributed by atoms with Crippen molar-refractivity contribution in [1.29, 1.82) is 0 Å². The van der Waals surface area contributed by atoms with Crippen LogP contribution in [-0.2, 0) is 25.5 Å². The summed E-state index contributed by atoms with van der Waals surface area (Å²) in [5.41, 5.74) is 1.65. The van der Waals surface area contributed by atoms with E-state index >= 15 is 0 Å². The number of esters is 2. The van der Waals surface area contributed by atoms with Crippen molar-refractivity contribution >= 4 is 11.9 Å². The second-order valence-corrected chi connectivity index (χ2v) is 4.74. The first-order valence-corrected chi connectivity index (χ1v) is 6.67. The molecule has 1 aliphatic heterocycles. The molecule has 0 unspecified atom stereocenters. The molecule has 0 bridgehead atoms. The zero-order valence-electron chi connectivity index (χ0n) is 11.3. The van der Waals surface area contributed by atoms with Gasteiger partial charge in [0, 0.05) is 18.2 Å². The number of hydrogen-bond acceptors (Lipinski definition) is 5. The van der Waals surface area contributed by atoms with Crippen molar-refractivity contribution < 1.29 is 19.1 Å². The number of benzene rings is 1. The number of cyclic esters (lactones) is 1. The Labute approximate surface area is 121 Å². The van der Waals surface area contributed by atoms with Gasteiger partial charge in [0.05, 0.1) is 24.9 Å². The lowest BCUT2D eigenvalue weighted by molar-refractivity contribution is -0.159. The van der Waals surface area contributed by atoms with Crippen LogP contribution in [0.1, 0.15) is 12.0 Å². The Balaban J connectivity index is 1.62. The minimum absolute atomic E-state index is 0.0800. The lowest BCUT2D eigenvalue weighted by Gasteiger charge is -2.07. The van der Waals surface area contributed by atoms with E-state index in [1.165, 1.54) is 0 Å². The van der Waals surface area contributed by atoms with Crippen LogP contribution in [0.25, 0.3) is 5.69 Å². The van der Waals surface area contributed by atoms with Gasteiger partial charge in [-0.05, 0) is 12.1 Å². The summed E-state index contributed by atoms with van der Waals surface area (Å²) in [5, 5.41) is 4.20. The number of para-hydroxylation sites is 1. The van der Waals surface area contributed by atoms with Gasteiger partial charge >= 0.3 is 11.9 Å². The highest BCUT2D eigenvalue weighted by Gasteiger charge is 2.30. The molecule has 0 saturated carbocycles. The predicted octanol–water partition coefficient (Wildman–Crippen LogP) is 1.27. The molecule has 0 N–H and O–H groups in total. The van der Waals surface area contributed by atoms with Gasteiger partial charge in [0.2, 0.25) is 6.10 Å². The van der Waals surface area contributed by atoms with E-state index in [4.69, 9.17) is 9.47 Å². The SMILES string of the molecule is O=C(Cc1cnn(-c2ccccc2)c1)O[C@@H]1CCOC1=O. The molecule has 0 amide bonds. The maximum absolute atomic E-state index is 11.8. The van der Waals surface area contributed by atoms with Crippen LogP contribution in [0.2, 0.25) is 0 Å². The van der Waals surface area contributed by atoms with Crippen molar-refractivity contribution in [1.82, 2.24) is 9.78 Å². The third-order valence-corrected chi connectivity index (χ3v) is 3.17. The van der Waals surface area contributed by atoms with Gasteiger partial charge in [-0.1, -0.05) is 18.2 Å². The summed E-state index contributed by atoms with van der Waals surface area (Å²) >= 11 is 0. The van der Waals surface area contributed by atoms with Gasteiger partial charge in [0.25, 0.3) is 0 Å². The second-order valence-electron chi connectivity index (χ2n) is 4.74. The van der Waals surface area contributed by atoms with Crippen molar-refractivity contribution in [3.8, 4) is 5.69 Å². The van der Waals surface area contributed by atoms with Crippen LogP contribution in [0.5, 0.6) is 0 Å². The van der Waals surface area contributed by atoms with E-state index in [1.54, 1.807) is 17.1 Å². The standard InChI is InChI=1S/C15H14N2O4/c18-14(21-13-6-7-20-15(13)19)8-11-9-16-17(10-11)12-4-2-1-3-5-12/h1-5,9-10,13H,6-8H2/t13-/m1/s1. The Morgan fingerprint density at radius 1 is 1.38 bits per heavy atom. The molecule has 6 heteroatoms. The molecule has 0 spiro atoms. The molecule has 2 heterocycles. The van der Waals surface area contributed by atoms with Crippen LogP contribution < -0.4 is 0 Å². The summed E-state index contributed by atoms with van der Waals surface area (Å²) in [7, 11) is 0. The van der Waals surface area contributed by atoms with Crippen LogP contribution in [-0.4, -0.2) is 34.4 Å². The fourth-order valence-electron chi connectivity index (χ4n) is 2.12.